The zero-order valence-corrected chi connectivity index (χ0v) is 13.9. The highest BCUT2D eigenvalue weighted by Crippen LogP contribution is 2.27. The summed E-state index contributed by atoms with van der Waals surface area (Å²) in [4.78, 5) is 2.55. The summed E-state index contributed by atoms with van der Waals surface area (Å²) < 4.78 is 0. The summed E-state index contributed by atoms with van der Waals surface area (Å²) in [6.45, 7) is 11.5. The number of hydrogen-bond acceptors (Lipinski definition) is 3. The van der Waals surface area contributed by atoms with E-state index in [9.17, 15) is 5.11 Å². The Balaban J connectivity index is 1.77. The minimum absolute atomic E-state index is 0.0817. The number of rotatable bonds is 3. The molecule has 2 aliphatic rings. The Bertz CT molecular complexity index is 292. The fourth-order valence-corrected chi connectivity index (χ4v) is 3.52. The molecule has 3 unspecified atom stereocenters. The van der Waals surface area contributed by atoms with Gasteiger partial charge in [-0.15, -0.1) is 0 Å². The van der Waals surface area contributed by atoms with E-state index in [1.54, 1.807) is 0 Å². The maximum absolute atomic E-state index is 10.2. The van der Waals surface area contributed by atoms with Crippen molar-refractivity contribution in [1.82, 2.24) is 10.2 Å². The zero-order valence-electron chi connectivity index (χ0n) is 13.9. The molecular weight excluding hydrogens is 248 g/mol. The van der Waals surface area contributed by atoms with Crippen LogP contribution in [0.2, 0.25) is 0 Å². The van der Waals surface area contributed by atoms with E-state index < -0.39 is 0 Å². The first-order valence-corrected chi connectivity index (χ1v) is 8.56. The topological polar surface area (TPSA) is 35.5 Å². The molecule has 0 radical (unpaired) electrons. The van der Waals surface area contributed by atoms with Crippen LogP contribution in [0.15, 0.2) is 0 Å². The molecule has 1 saturated heterocycles. The fraction of sp³-hybridized carbons (Fsp3) is 1.00. The van der Waals surface area contributed by atoms with Crippen molar-refractivity contribution < 1.29 is 5.11 Å². The van der Waals surface area contributed by atoms with Gasteiger partial charge in [0.25, 0.3) is 0 Å². The van der Waals surface area contributed by atoms with E-state index in [0.717, 1.165) is 19.5 Å². The zero-order chi connectivity index (χ0) is 14.8. The maximum atomic E-state index is 10.2. The van der Waals surface area contributed by atoms with Crippen LogP contribution < -0.4 is 5.32 Å². The molecule has 0 spiro atoms. The molecule has 1 heterocycles. The van der Waals surface area contributed by atoms with Crippen LogP contribution in [-0.4, -0.2) is 47.3 Å². The van der Waals surface area contributed by atoms with Gasteiger partial charge in [-0.3, -0.25) is 4.90 Å². The van der Waals surface area contributed by atoms with Gasteiger partial charge in [0.15, 0.2) is 0 Å². The summed E-state index contributed by atoms with van der Waals surface area (Å²) in [6.07, 6.45) is 7.07. The van der Waals surface area contributed by atoms with Crippen LogP contribution in [0.1, 0.15) is 66.2 Å². The summed E-state index contributed by atoms with van der Waals surface area (Å²) in [5.74, 6) is 0. The largest absolute Gasteiger partial charge is 0.391 e. The second-order valence-electron chi connectivity index (χ2n) is 7.98. The molecule has 2 fully saturated rings. The van der Waals surface area contributed by atoms with Crippen LogP contribution in [0.4, 0.5) is 0 Å². The van der Waals surface area contributed by atoms with Gasteiger partial charge in [0.2, 0.25) is 0 Å². The Labute approximate surface area is 125 Å². The molecule has 2 N–H and O–H groups in total. The summed E-state index contributed by atoms with van der Waals surface area (Å²) in [6, 6.07) is 1.64. The van der Waals surface area contributed by atoms with Crippen molar-refractivity contribution in [2.75, 3.05) is 13.1 Å². The molecule has 1 aliphatic carbocycles. The monoisotopic (exact) mass is 282 g/mol. The fourth-order valence-electron chi connectivity index (χ4n) is 3.52. The second-order valence-corrected chi connectivity index (χ2v) is 7.98. The molecule has 1 aliphatic heterocycles. The Morgan fingerprint density at radius 3 is 2.20 bits per heavy atom. The highest BCUT2D eigenvalue weighted by molar-refractivity contribution is 4.89. The molecule has 0 aromatic carbocycles. The minimum Gasteiger partial charge on any atom is -0.391 e. The molecule has 3 heteroatoms. The van der Waals surface area contributed by atoms with Crippen LogP contribution in [0.5, 0.6) is 0 Å². The lowest BCUT2D eigenvalue weighted by atomic mass is 9.86. The van der Waals surface area contributed by atoms with Gasteiger partial charge in [-0.25, -0.2) is 0 Å². The Morgan fingerprint density at radius 2 is 1.65 bits per heavy atom. The van der Waals surface area contributed by atoms with Crippen molar-refractivity contribution in [3.8, 4) is 0 Å². The van der Waals surface area contributed by atoms with E-state index in [2.05, 4.69) is 37.9 Å². The first kappa shape index (κ1) is 16.3. The van der Waals surface area contributed by atoms with Gasteiger partial charge in [0.05, 0.1) is 6.10 Å². The van der Waals surface area contributed by atoms with Crippen LogP contribution in [0.3, 0.4) is 0 Å². The third-order valence-electron chi connectivity index (χ3n) is 5.48. The standard InChI is InChI=1S/C17H34N2O/c1-13(17(2,3)4)18-14-9-11-19(12-10-14)15-7-5-6-8-16(15)20/h13-16,18,20H,5-12H2,1-4H3. The number of likely N-dealkylation sites (tertiary alicyclic amines) is 1. The summed E-state index contributed by atoms with van der Waals surface area (Å²) >= 11 is 0. The molecule has 118 valence electrons. The van der Waals surface area contributed by atoms with Crippen molar-refractivity contribution >= 4 is 0 Å². The summed E-state index contributed by atoms with van der Waals surface area (Å²) in [5.41, 5.74) is 0.330. The van der Waals surface area contributed by atoms with Gasteiger partial charge in [-0.1, -0.05) is 33.6 Å². The van der Waals surface area contributed by atoms with Crippen molar-refractivity contribution in [1.29, 1.82) is 0 Å². The predicted molar refractivity (Wildman–Crippen MR) is 84.9 cm³/mol. The van der Waals surface area contributed by atoms with Gasteiger partial charge >= 0.3 is 0 Å². The molecule has 3 nitrogen and oxygen atoms in total. The van der Waals surface area contributed by atoms with E-state index >= 15 is 0 Å². The first-order chi connectivity index (χ1) is 9.38. The van der Waals surface area contributed by atoms with Crippen LogP contribution >= 0.6 is 0 Å². The van der Waals surface area contributed by atoms with Gasteiger partial charge in [0.1, 0.15) is 0 Å². The minimum atomic E-state index is -0.0817. The van der Waals surface area contributed by atoms with Crippen LogP contribution in [-0.2, 0) is 0 Å². The number of aliphatic hydroxyl groups is 1. The molecule has 0 bridgehead atoms. The summed E-state index contributed by atoms with van der Waals surface area (Å²) in [7, 11) is 0. The average Bonchev–Trinajstić information content (AvgIpc) is 2.39. The Morgan fingerprint density at radius 1 is 1.05 bits per heavy atom. The van der Waals surface area contributed by atoms with Crippen molar-refractivity contribution in [3.63, 3.8) is 0 Å². The number of nitrogens with zero attached hydrogens (tertiary/aromatic N) is 1. The van der Waals surface area contributed by atoms with Crippen LogP contribution in [0, 0.1) is 5.41 Å². The van der Waals surface area contributed by atoms with Gasteiger partial charge in [-0.2, -0.15) is 0 Å². The van der Waals surface area contributed by atoms with E-state index in [0.29, 0.717) is 23.5 Å². The lowest BCUT2D eigenvalue weighted by Crippen LogP contribution is -2.53. The molecule has 0 amide bonds. The quantitative estimate of drug-likeness (QED) is 0.835. The molecule has 2 rings (SSSR count). The molecule has 0 aromatic rings. The number of hydrogen-bond donors (Lipinski definition) is 2. The smallest absolute Gasteiger partial charge is 0.0695 e. The van der Waals surface area contributed by atoms with Gasteiger partial charge < -0.3 is 10.4 Å². The van der Waals surface area contributed by atoms with Crippen molar-refractivity contribution in [2.45, 2.75) is 90.4 Å². The average molecular weight is 282 g/mol. The SMILES string of the molecule is CC(NC1CCN(C2CCCCC2O)CC1)C(C)(C)C. The molecule has 1 saturated carbocycles. The highest BCUT2D eigenvalue weighted by atomic mass is 16.3. The Hall–Kier alpha value is -0.120. The molecular formula is C17H34N2O. The predicted octanol–water partition coefficient (Wildman–Crippen LogP) is 2.78. The number of piperidine rings is 1. The highest BCUT2D eigenvalue weighted by Gasteiger charge is 2.32. The summed E-state index contributed by atoms with van der Waals surface area (Å²) in [5, 5.41) is 14.0. The molecule has 3 atom stereocenters. The van der Waals surface area contributed by atoms with Gasteiger partial charge in [0, 0.05) is 31.2 Å². The molecule has 20 heavy (non-hydrogen) atoms. The molecule has 0 aromatic heterocycles. The van der Waals surface area contributed by atoms with E-state index in [1.165, 1.54) is 32.1 Å². The van der Waals surface area contributed by atoms with Crippen molar-refractivity contribution in [3.05, 3.63) is 0 Å². The lowest BCUT2D eigenvalue weighted by Gasteiger charge is -2.43. The Kier molecular flexibility index (Phi) is 5.49. The second kappa shape index (κ2) is 6.76. The van der Waals surface area contributed by atoms with Gasteiger partial charge in [-0.05, 0) is 38.0 Å². The number of aliphatic hydroxyl groups excluding tert-OH is 1. The van der Waals surface area contributed by atoms with E-state index in [4.69, 9.17) is 0 Å². The third kappa shape index (κ3) is 4.19. The number of nitrogens with one attached hydrogen (secondary N) is 1. The van der Waals surface area contributed by atoms with Crippen molar-refractivity contribution in [2.24, 2.45) is 5.41 Å². The van der Waals surface area contributed by atoms with Crippen LogP contribution in [0.25, 0.3) is 0 Å². The first-order valence-electron chi connectivity index (χ1n) is 8.56. The van der Waals surface area contributed by atoms with E-state index in [-0.39, 0.29) is 6.10 Å². The third-order valence-corrected chi connectivity index (χ3v) is 5.48. The lowest BCUT2D eigenvalue weighted by molar-refractivity contribution is 0.00590. The van der Waals surface area contributed by atoms with E-state index in [1.807, 2.05) is 0 Å². The normalized spacial score (nSPS) is 32.2. The maximum Gasteiger partial charge on any atom is 0.0695 e.